The Morgan fingerprint density at radius 3 is 2.30 bits per heavy atom. The fraction of sp³-hybridized carbons (Fsp3) is 0.569. The Kier molecular flexibility index (Phi) is 21.1. The molecule has 2 aromatic carbocycles. The molecule has 4 aliphatic heterocycles. The summed E-state index contributed by atoms with van der Waals surface area (Å²) < 4.78 is 42.2. The molecule has 4 heterocycles. The molecule has 3 fully saturated rings. The summed E-state index contributed by atoms with van der Waals surface area (Å²) in [4.78, 5) is 86.7. The number of phenolic OH excluding ortho intramolecular Hbond substituents is 1. The van der Waals surface area contributed by atoms with E-state index in [1.807, 2.05) is 51.1 Å². The van der Waals surface area contributed by atoms with Crippen LogP contribution in [0.5, 0.6) is 5.75 Å². The van der Waals surface area contributed by atoms with Crippen LogP contribution in [0.4, 0.5) is 4.79 Å². The van der Waals surface area contributed by atoms with Gasteiger partial charge in [-0.25, -0.2) is 9.59 Å². The molecule has 14 atom stereocenters. The summed E-state index contributed by atoms with van der Waals surface area (Å²) in [6, 6.07) is 14.4. The number of hydrogen-bond acceptors (Lipinski definition) is 17. The zero-order valence-corrected chi connectivity index (χ0v) is 49.8. The Balaban J connectivity index is 1.08. The normalized spacial score (nSPS) is 31.6. The van der Waals surface area contributed by atoms with Crippen molar-refractivity contribution in [2.75, 3.05) is 34.5 Å². The molecular formula is C65H84N2O17. The van der Waals surface area contributed by atoms with Crippen LogP contribution < -0.4 is 10.7 Å². The van der Waals surface area contributed by atoms with Gasteiger partial charge in [0.2, 0.25) is 5.79 Å². The van der Waals surface area contributed by atoms with E-state index in [4.69, 9.17) is 32.8 Å². The highest BCUT2D eigenvalue weighted by Crippen LogP contribution is 2.44. The summed E-state index contributed by atoms with van der Waals surface area (Å²) in [6.45, 7) is 10.3. The molecule has 0 radical (unpaired) electrons. The van der Waals surface area contributed by atoms with Crippen molar-refractivity contribution in [1.82, 2.24) is 10.2 Å². The highest BCUT2D eigenvalue weighted by atomic mass is 16.7. The van der Waals surface area contributed by atoms with Gasteiger partial charge in [0.25, 0.3) is 11.7 Å². The number of ketones is 2. The lowest BCUT2D eigenvalue weighted by Crippen LogP contribution is -2.64. The van der Waals surface area contributed by atoms with Gasteiger partial charge in [-0.3, -0.25) is 19.2 Å². The van der Waals surface area contributed by atoms with Crippen LogP contribution in [-0.4, -0.2) is 144 Å². The van der Waals surface area contributed by atoms with Crippen molar-refractivity contribution in [3.05, 3.63) is 99.2 Å². The number of aliphatic hydroxyl groups excluding tert-OH is 2. The summed E-state index contributed by atoms with van der Waals surface area (Å²) >= 11 is 0. The number of nitrogens with one attached hydrogen (secondary N) is 1. The first-order valence-corrected chi connectivity index (χ1v) is 29.5. The van der Waals surface area contributed by atoms with Gasteiger partial charge in [-0.1, -0.05) is 62.8 Å². The van der Waals surface area contributed by atoms with Crippen LogP contribution in [-0.2, 0) is 54.1 Å². The number of Topliss-reactive ketones (excluding diaryl/α,β-unsaturated/α-hetero) is 2. The number of amides is 2. The van der Waals surface area contributed by atoms with Crippen molar-refractivity contribution in [1.29, 1.82) is 0 Å². The molecule has 2 aliphatic carbocycles. The number of phenols is 1. The van der Waals surface area contributed by atoms with Crippen molar-refractivity contribution >= 4 is 40.5 Å². The quantitative estimate of drug-likeness (QED) is 0.0409. The Morgan fingerprint density at radius 1 is 0.845 bits per heavy atom. The number of hydrogen-bond donors (Lipinski definition) is 5. The number of esters is 1. The predicted octanol–water partition coefficient (Wildman–Crippen LogP) is 8.27. The van der Waals surface area contributed by atoms with Crippen molar-refractivity contribution in [2.45, 2.75) is 173 Å². The second-order valence-electron chi connectivity index (χ2n) is 23.9. The lowest BCUT2D eigenvalue weighted by Gasteiger charge is -2.47. The topological polar surface area (TPSA) is 267 Å². The molecule has 0 aromatic heterocycles. The van der Waals surface area contributed by atoms with E-state index in [2.05, 4.69) is 5.32 Å². The van der Waals surface area contributed by atoms with Crippen LogP contribution in [0.25, 0.3) is 33.4 Å². The van der Waals surface area contributed by atoms with Crippen LogP contribution in [0.15, 0.2) is 87.1 Å². The number of cyclic esters (lactones) is 1. The molecule has 7 unspecified atom stereocenters. The van der Waals surface area contributed by atoms with Crippen LogP contribution in [0.1, 0.15) is 116 Å². The molecule has 2 amide bonds. The van der Waals surface area contributed by atoms with E-state index in [9.17, 15) is 49.2 Å². The average Bonchev–Trinajstić information content (AvgIpc) is 1.87. The van der Waals surface area contributed by atoms with E-state index in [1.165, 1.54) is 33.5 Å². The zero-order chi connectivity index (χ0) is 60.7. The maximum absolute atomic E-state index is 14.7. The minimum absolute atomic E-state index is 0.00123. The third-order valence-electron chi connectivity index (χ3n) is 17.9. The first-order valence-electron chi connectivity index (χ1n) is 29.5. The number of methoxy groups -OCH3 is 3. The maximum Gasteiger partial charge on any atom is 0.407 e. The van der Waals surface area contributed by atoms with Crippen molar-refractivity contribution < 1.29 is 77.2 Å². The third kappa shape index (κ3) is 14.2. The van der Waals surface area contributed by atoms with Gasteiger partial charge in [-0.05, 0) is 138 Å². The second kappa shape index (κ2) is 27.8. The Bertz CT molecular complexity index is 3110. The van der Waals surface area contributed by atoms with E-state index in [-0.39, 0.29) is 73.7 Å². The molecule has 2 aromatic rings. The number of carbonyl (C=O) groups is 5. The molecule has 456 valence electrons. The number of aliphatic hydroxyl groups is 3. The molecule has 6 aliphatic rings. The molecule has 19 nitrogen and oxygen atoms in total. The number of piperidine rings is 1. The second-order valence-corrected chi connectivity index (χ2v) is 23.9. The van der Waals surface area contributed by atoms with Gasteiger partial charge in [-0.2, -0.15) is 0 Å². The number of carbonyl (C=O) groups excluding carboxylic acids is 5. The predicted molar refractivity (Wildman–Crippen MR) is 312 cm³/mol. The van der Waals surface area contributed by atoms with E-state index < -0.39 is 108 Å². The lowest BCUT2D eigenvalue weighted by molar-refractivity contribution is -0.302. The molecule has 5 N–H and O–H groups in total. The first kappa shape index (κ1) is 63.7. The van der Waals surface area contributed by atoms with Crippen molar-refractivity contribution in [3.8, 4) is 28.2 Å². The number of rotatable bonds is 11. The number of aromatic hydroxyl groups is 1. The molecule has 8 rings (SSSR count). The zero-order valence-electron chi connectivity index (χ0n) is 49.8. The number of benzene rings is 3. The first-order chi connectivity index (χ1) is 40.1. The number of fused-ring (bicyclic) bond motifs is 5. The smallest absolute Gasteiger partial charge is 0.407 e. The van der Waals surface area contributed by atoms with Gasteiger partial charge in [-0.15, -0.1) is 0 Å². The average molecular weight is 1170 g/mol. The summed E-state index contributed by atoms with van der Waals surface area (Å²) in [5, 5.41) is 48.9. The van der Waals surface area contributed by atoms with Gasteiger partial charge in [0.15, 0.2) is 5.43 Å². The number of allylic oxidation sites excluding steroid dienone is 3. The molecule has 19 heteroatoms. The SMILES string of the molecule is COC1CC(/C=C(\C)[C@H]2OC(=O)C3CCCCN3C(=O)C(=O)C3(O)O[C@@H](C(OC)CC3C)[C@@H](OC)C[C@@H](C)C/C(C)=C/[C@@H](CCOC(=O)NCc3c4oc5cc(O)ccc5c(-c5ccccc5C)c-4ccc3=O)C(=O)CC(O)[C@H]2C)CC[C@H]1O. The van der Waals surface area contributed by atoms with Gasteiger partial charge in [0, 0.05) is 74.6 Å². The molecule has 2 saturated heterocycles. The van der Waals surface area contributed by atoms with Crippen LogP contribution in [0.3, 0.4) is 0 Å². The largest absolute Gasteiger partial charge is 0.508 e. The Morgan fingerprint density at radius 2 is 1.57 bits per heavy atom. The van der Waals surface area contributed by atoms with Gasteiger partial charge < -0.3 is 63.5 Å². The summed E-state index contributed by atoms with van der Waals surface area (Å²) in [5.74, 6) is -8.92. The Labute approximate surface area is 491 Å². The van der Waals surface area contributed by atoms with Gasteiger partial charge in [0.1, 0.15) is 41.1 Å². The van der Waals surface area contributed by atoms with Crippen LogP contribution in [0, 0.1) is 36.5 Å². The highest BCUT2D eigenvalue weighted by molar-refractivity contribution is 6.39. The summed E-state index contributed by atoms with van der Waals surface area (Å²) in [7, 11) is 4.51. The minimum atomic E-state index is -2.60. The summed E-state index contributed by atoms with van der Waals surface area (Å²) in [6.07, 6.45) is 0.0325. The molecular weight excluding hydrogens is 1080 g/mol. The van der Waals surface area contributed by atoms with Crippen molar-refractivity contribution in [3.63, 3.8) is 0 Å². The van der Waals surface area contributed by atoms with E-state index in [0.717, 1.165) is 27.2 Å². The number of ether oxygens (including phenoxy) is 6. The number of nitrogens with zero attached hydrogens (tertiary/aromatic N) is 1. The van der Waals surface area contributed by atoms with E-state index in [0.29, 0.717) is 67.1 Å². The van der Waals surface area contributed by atoms with E-state index >= 15 is 0 Å². The lowest BCUT2D eigenvalue weighted by atomic mass is 9.81. The minimum Gasteiger partial charge on any atom is -0.508 e. The molecule has 1 saturated carbocycles. The Hall–Kier alpha value is -6.32. The van der Waals surface area contributed by atoms with Gasteiger partial charge in [0.05, 0.1) is 49.2 Å². The molecule has 2 bridgehead atoms. The van der Waals surface area contributed by atoms with Crippen molar-refractivity contribution in [2.24, 2.45) is 29.6 Å². The number of aryl methyl sites for hydroxylation is 1. The summed E-state index contributed by atoms with van der Waals surface area (Å²) in [5.41, 5.74) is 4.71. The monoisotopic (exact) mass is 1160 g/mol. The van der Waals surface area contributed by atoms with Gasteiger partial charge >= 0.3 is 12.1 Å². The van der Waals surface area contributed by atoms with Crippen LogP contribution in [0.2, 0.25) is 0 Å². The highest BCUT2D eigenvalue weighted by Gasteiger charge is 2.57. The standard InChI is InChI=1S/C65H84N2O17/c1-35-26-36(2)28-55(79-8)60-56(80-9)30-39(5)65(77,84-60)61(73)62(74)67-24-13-12-16-48(67)63(75)83-58(38(4)29-41-17-21-50(70)54(31-41)78-7)40(6)51(71)33-52(72)42(27-35)23-25-81-64(76)66-34-47-49(69)22-20-46-57(44-15-11-10-14-37(44)3)45-19-18-43(68)32-53(45)82-59(46)47/h10-11,14-15,18-20,22,27,29,32,36,39-42,48,50-51,54-56,58,60,68,70-71,77H,12-13,16-17,21,23-26,28,30-31,33-34H2,1-9H3,(H,66,76)/b35-27+,38-29+/t36-,39?,40+,41?,42+,48?,50+,51?,54?,55-,56?,58+,60+,65?/m0/s1. The number of alkyl carbamates (subject to hydrolysis) is 1. The van der Waals surface area contributed by atoms with Crippen LogP contribution >= 0.6 is 0 Å². The fourth-order valence-corrected chi connectivity index (χ4v) is 13.1. The van der Waals surface area contributed by atoms with E-state index in [1.54, 1.807) is 45.0 Å². The fourth-order valence-electron chi connectivity index (χ4n) is 13.1. The third-order valence-corrected chi connectivity index (χ3v) is 17.9. The molecule has 0 spiro atoms. The molecule has 84 heavy (non-hydrogen) atoms. The maximum atomic E-state index is 14.7.